The van der Waals surface area contributed by atoms with Gasteiger partial charge in [0.2, 0.25) is 0 Å². The summed E-state index contributed by atoms with van der Waals surface area (Å²) >= 11 is 0. The smallest absolute Gasteiger partial charge is 0.122 e. The molecule has 0 unspecified atom stereocenters. The molecule has 130 valence electrons. The van der Waals surface area contributed by atoms with Gasteiger partial charge in [0.1, 0.15) is 24.7 Å². The Bertz CT molecular complexity index is 1060. The molecule has 0 heterocycles. The molecule has 0 aliphatic rings. The summed E-state index contributed by atoms with van der Waals surface area (Å²) < 4.78 is 11.5. The molecule has 0 saturated heterocycles. The van der Waals surface area contributed by atoms with Crippen molar-refractivity contribution < 1.29 is 9.47 Å². The fraction of sp³-hybridized carbons (Fsp3) is 0.0909. The molecule has 4 N–H and O–H groups in total. The third kappa shape index (κ3) is 3.35. The summed E-state index contributed by atoms with van der Waals surface area (Å²) in [6, 6.07) is 23.6. The third-order valence-electron chi connectivity index (χ3n) is 4.33. The molecule has 4 aromatic rings. The second-order valence-corrected chi connectivity index (χ2v) is 6.20. The molecule has 26 heavy (non-hydrogen) atoms. The van der Waals surface area contributed by atoms with Crippen LogP contribution in [0, 0.1) is 0 Å². The van der Waals surface area contributed by atoms with E-state index in [2.05, 4.69) is 24.3 Å². The lowest BCUT2D eigenvalue weighted by molar-refractivity contribution is 0.217. The average Bonchev–Trinajstić information content (AvgIpc) is 2.66. The first-order chi connectivity index (χ1) is 12.7. The highest BCUT2D eigenvalue weighted by Crippen LogP contribution is 2.29. The Morgan fingerprint density at radius 1 is 0.538 bits per heavy atom. The van der Waals surface area contributed by atoms with Gasteiger partial charge in [0.25, 0.3) is 0 Å². The van der Waals surface area contributed by atoms with Gasteiger partial charge in [0, 0.05) is 11.4 Å². The zero-order valence-corrected chi connectivity index (χ0v) is 14.3. The van der Waals surface area contributed by atoms with E-state index in [-0.39, 0.29) is 0 Å². The summed E-state index contributed by atoms with van der Waals surface area (Å²) in [7, 11) is 0. The molecule has 0 aliphatic carbocycles. The van der Waals surface area contributed by atoms with Crippen molar-refractivity contribution in [3.05, 3.63) is 72.8 Å². The minimum absolute atomic E-state index is 0.471. The first kappa shape index (κ1) is 16.1. The van der Waals surface area contributed by atoms with Crippen molar-refractivity contribution >= 4 is 32.9 Å². The quantitative estimate of drug-likeness (QED) is 0.315. The Kier molecular flexibility index (Phi) is 4.23. The molecule has 0 aromatic heterocycles. The van der Waals surface area contributed by atoms with Crippen LogP contribution in [0.5, 0.6) is 11.5 Å². The van der Waals surface area contributed by atoms with E-state index in [9.17, 15) is 0 Å². The molecule has 0 spiro atoms. The molecule has 4 heteroatoms. The second kappa shape index (κ2) is 6.84. The highest BCUT2D eigenvalue weighted by atomic mass is 16.5. The van der Waals surface area contributed by atoms with Crippen LogP contribution in [0.25, 0.3) is 21.5 Å². The first-order valence-electron chi connectivity index (χ1n) is 8.52. The second-order valence-electron chi connectivity index (χ2n) is 6.20. The minimum Gasteiger partial charge on any atom is -0.490 e. The van der Waals surface area contributed by atoms with Crippen LogP contribution in [0.3, 0.4) is 0 Å². The number of anilines is 2. The fourth-order valence-electron chi connectivity index (χ4n) is 3.04. The number of benzene rings is 4. The monoisotopic (exact) mass is 344 g/mol. The molecule has 0 amide bonds. The molecule has 0 aliphatic heterocycles. The first-order valence-corrected chi connectivity index (χ1v) is 8.52. The number of ether oxygens (including phenoxy) is 2. The van der Waals surface area contributed by atoms with Crippen LogP contribution in [-0.2, 0) is 0 Å². The molecule has 0 bridgehead atoms. The van der Waals surface area contributed by atoms with E-state index in [1.165, 1.54) is 10.8 Å². The summed E-state index contributed by atoms with van der Waals surface area (Å²) in [6.07, 6.45) is 0. The molecular weight excluding hydrogens is 324 g/mol. The van der Waals surface area contributed by atoms with Gasteiger partial charge < -0.3 is 20.9 Å². The molecule has 0 fully saturated rings. The maximum atomic E-state index is 5.87. The van der Waals surface area contributed by atoms with Gasteiger partial charge in [0.05, 0.1) is 0 Å². The van der Waals surface area contributed by atoms with Crippen LogP contribution in [0.1, 0.15) is 0 Å². The van der Waals surface area contributed by atoms with Crippen LogP contribution >= 0.6 is 0 Å². The van der Waals surface area contributed by atoms with E-state index >= 15 is 0 Å². The summed E-state index contributed by atoms with van der Waals surface area (Å²) in [5.41, 5.74) is 13.0. The molecular formula is C22H20N2O2. The average molecular weight is 344 g/mol. The summed E-state index contributed by atoms with van der Waals surface area (Å²) in [5, 5.41) is 4.66. The summed E-state index contributed by atoms with van der Waals surface area (Å²) in [4.78, 5) is 0. The Morgan fingerprint density at radius 2 is 1.08 bits per heavy atom. The van der Waals surface area contributed by atoms with Crippen molar-refractivity contribution in [2.75, 3.05) is 24.7 Å². The van der Waals surface area contributed by atoms with E-state index in [0.717, 1.165) is 33.6 Å². The van der Waals surface area contributed by atoms with Crippen LogP contribution in [0.15, 0.2) is 72.8 Å². The van der Waals surface area contributed by atoms with Crippen molar-refractivity contribution in [3.8, 4) is 11.5 Å². The maximum absolute atomic E-state index is 5.87. The lowest BCUT2D eigenvalue weighted by atomic mass is 10.0. The Hall–Kier alpha value is -3.40. The number of nitrogens with two attached hydrogens (primary N) is 2. The molecule has 4 rings (SSSR count). The molecule has 4 nitrogen and oxygen atoms in total. The topological polar surface area (TPSA) is 70.5 Å². The third-order valence-corrected chi connectivity index (χ3v) is 4.33. The van der Waals surface area contributed by atoms with Crippen molar-refractivity contribution in [2.24, 2.45) is 0 Å². The van der Waals surface area contributed by atoms with E-state index in [1.54, 1.807) is 0 Å². The van der Waals surface area contributed by atoms with Crippen LogP contribution in [0.2, 0.25) is 0 Å². The number of hydrogen-bond acceptors (Lipinski definition) is 4. The van der Waals surface area contributed by atoms with Crippen molar-refractivity contribution in [2.45, 2.75) is 0 Å². The lowest BCUT2D eigenvalue weighted by Gasteiger charge is -2.10. The number of nitrogen functional groups attached to an aromatic ring is 2. The Morgan fingerprint density at radius 3 is 1.81 bits per heavy atom. The van der Waals surface area contributed by atoms with E-state index < -0.39 is 0 Å². The predicted octanol–water partition coefficient (Wildman–Crippen LogP) is 4.62. The molecule has 4 aromatic carbocycles. The Balaban J connectivity index is 1.44. The van der Waals surface area contributed by atoms with Gasteiger partial charge in [-0.15, -0.1) is 0 Å². The number of fused-ring (bicyclic) bond motifs is 3. The predicted molar refractivity (Wildman–Crippen MR) is 108 cm³/mol. The van der Waals surface area contributed by atoms with Gasteiger partial charge in [-0.2, -0.15) is 0 Å². The highest BCUT2D eigenvalue weighted by molar-refractivity contribution is 6.08. The normalized spacial score (nSPS) is 10.9. The van der Waals surface area contributed by atoms with E-state index in [0.29, 0.717) is 13.2 Å². The number of hydrogen-bond donors (Lipinski definition) is 2. The van der Waals surface area contributed by atoms with Gasteiger partial charge >= 0.3 is 0 Å². The van der Waals surface area contributed by atoms with Crippen molar-refractivity contribution in [3.63, 3.8) is 0 Å². The van der Waals surface area contributed by atoms with Crippen molar-refractivity contribution in [1.82, 2.24) is 0 Å². The zero-order chi connectivity index (χ0) is 17.9. The van der Waals surface area contributed by atoms with Gasteiger partial charge in [-0.25, -0.2) is 0 Å². The molecule has 0 saturated carbocycles. The standard InChI is InChI=1S/C22H20N2O2/c23-17-3-6-19(7-4-17)25-11-12-26-20-8-10-22-16(14-20)2-1-15-13-18(24)5-9-21(15)22/h1-10,13-14H,11-12,23-24H2. The van der Waals surface area contributed by atoms with Gasteiger partial charge in [-0.3, -0.25) is 0 Å². The van der Waals surface area contributed by atoms with E-state index in [1.807, 2.05) is 48.5 Å². The van der Waals surface area contributed by atoms with Crippen LogP contribution in [-0.4, -0.2) is 13.2 Å². The zero-order valence-electron chi connectivity index (χ0n) is 14.3. The van der Waals surface area contributed by atoms with Crippen LogP contribution < -0.4 is 20.9 Å². The SMILES string of the molecule is Nc1ccc(OCCOc2ccc3c(ccc4cc(N)ccc43)c2)cc1. The van der Waals surface area contributed by atoms with Crippen molar-refractivity contribution in [1.29, 1.82) is 0 Å². The number of rotatable bonds is 5. The van der Waals surface area contributed by atoms with E-state index in [4.69, 9.17) is 20.9 Å². The van der Waals surface area contributed by atoms with Gasteiger partial charge in [-0.1, -0.05) is 24.3 Å². The largest absolute Gasteiger partial charge is 0.490 e. The fourth-order valence-corrected chi connectivity index (χ4v) is 3.04. The van der Waals surface area contributed by atoms with Gasteiger partial charge in [-0.05, 0) is 70.1 Å². The summed E-state index contributed by atoms with van der Waals surface area (Å²) in [5.74, 6) is 1.61. The molecule has 0 atom stereocenters. The van der Waals surface area contributed by atoms with Gasteiger partial charge in [0.15, 0.2) is 0 Å². The Labute approximate surface area is 151 Å². The lowest BCUT2D eigenvalue weighted by Crippen LogP contribution is -2.08. The minimum atomic E-state index is 0.471. The molecule has 0 radical (unpaired) electrons. The van der Waals surface area contributed by atoms with Crippen LogP contribution in [0.4, 0.5) is 11.4 Å². The maximum Gasteiger partial charge on any atom is 0.122 e. The summed E-state index contributed by atoms with van der Waals surface area (Å²) in [6.45, 7) is 0.943. The highest BCUT2D eigenvalue weighted by Gasteiger charge is 2.03.